The summed E-state index contributed by atoms with van der Waals surface area (Å²) in [7, 11) is 0. The second-order valence-corrected chi connectivity index (χ2v) is 5.30. The Bertz CT molecular complexity index is 575. The van der Waals surface area contributed by atoms with Gasteiger partial charge in [0.2, 0.25) is 0 Å². The molecule has 1 aromatic heterocycles. The van der Waals surface area contributed by atoms with Gasteiger partial charge in [0.15, 0.2) is 0 Å². The van der Waals surface area contributed by atoms with E-state index in [1.54, 1.807) is 12.1 Å². The molecule has 0 aliphatic carbocycles. The average molecular weight is 347 g/mol. The van der Waals surface area contributed by atoms with Gasteiger partial charge in [0.25, 0.3) is 0 Å². The van der Waals surface area contributed by atoms with Crippen LogP contribution in [0.4, 0.5) is 11.5 Å². The highest BCUT2D eigenvalue weighted by atomic mass is 79.9. The van der Waals surface area contributed by atoms with Gasteiger partial charge in [0, 0.05) is 17.0 Å². The van der Waals surface area contributed by atoms with Gasteiger partial charge < -0.3 is 5.32 Å². The number of nitrogens with one attached hydrogen (secondary N) is 1. The summed E-state index contributed by atoms with van der Waals surface area (Å²) in [4.78, 5) is 8.44. The second-order valence-electron chi connectivity index (χ2n) is 3.59. The van der Waals surface area contributed by atoms with Crippen molar-refractivity contribution < 1.29 is 0 Å². The third kappa shape index (κ3) is 3.34. The largest absolute Gasteiger partial charge is 0.339 e. The van der Waals surface area contributed by atoms with Crippen molar-refractivity contribution in [3.63, 3.8) is 0 Å². The number of nitrogens with zero attached hydrogens (tertiary/aromatic N) is 2. The van der Waals surface area contributed by atoms with Gasteiger partial charge in [-0.2, -0.15) is 0 Å². The van der Waals surface area contributed by atoms with Gasteiger partial charge in [-0.3, -0.25) is 0 Å². The normalized spacial score (nSPS) is 10.4. The molecule has 94 valence electrons. The highest BCUT2D eigenvalue weighted by Crippen LogP contribution is 2.28. The fraction of sp³-hybridized carbons (Fsp3) is 0.167. The van der Waals surface area contributed by atoms with Crippen LogP contribution < -0.4 is 5.32 Å². The zero-order chi connectivity index (χ0) is 13.1. The molecule has 1 heterocycles. The van der Waals surface area contributed by atoms with Crippen LogP contribution in [0.1, 0.15) is 12.7 Å². The topological polar surface area (TPSA) is 37.8 Å². The maximum absolute atomic E-state index is 6.10. The van der Waals surface area contributed by atoms with E-state index in [2.05, 4.69) is 31.2 Å². The Morgan fingerprint density at radius 3 is 2.72 bits per heavy atom. The minimum atomic E-state index is 0.412. The number of aromatic nitrogens is 2. The average Bonchev–Trinajstić information content (AvgIpc) is 2.33. The Kier molecular flexibility index (Phi) is 4.43. The van der Waals surface area contributed by atoms with Gasteiger partial charge in [-0.25, -0.2) is 9.97 Å². The number of rotatable bonds is 3. The molecule has 1 aromatic carbocycles. The van der Waals surface area contributed by atoms with Crippen molar-refractivity contribution in [2.45, 2.75) is 13.3 Å². The summed E-state index contributed by atoms with van der Waals surface area (Å²) in [5, 5.41) is 4.16. The molecule has 0 spiro atoms. The molecule has 6 heteroatoms. The molecule has 0 atom stereocenters. The third-order valence-corrected chi connectivity index (χ3v) is 3.27. The molecule has 3 nitrogen and oxygen atoms in total. The van der Waals surface area contributed by atoms with Crippen LogP contribution >= 0.6 is 39.1 Å². The maximum atomic E-state index is 6.10. The van der Waals surface area contributed by atoms with Crippen LogP contribution in [0.15, 0.2) is 28.7 Å². The minimum Gasteiger partial charge on any atom is -0.339 e. The predicted molar refractivity (Wildman–Crippen MR) is 78.9 cm³/mol. The highest BCUT2D eigenvalue weighted by molar-refractivity contribution is 9.10. The monoisotopic (exact) mass is 345 g/mol. The molecule has 1 N–H and O–H groups in total. The van der Waals surface area contributed by atoms with Crippen molar-refractivity contribution in [3.8, 4) is 0 Å². The Labute approximate surface area is 124 Å². The first-order valence-corrected chi connectivity index (χ1v) is 6.89. The van der Waals surface area contributed by atoms with E-state index in [4.69, 9.17) is 23.2 Å². The van der Waals surface area contributed by atoms with Gasteiger partial charge in [-0.05, 0) is 18.2 Å². The lowest BCUT2D eigenvalue weighted by atomic mass is 10.3. The summed E-state index contributed by atoms with van der Waals surface area (Å²) in [5.41, 5.74) is 0.767. The van der Waals surface area contributed by atoms with Crippen LogP contribution in [0.3, 0.4) is 0 Å². The molecule has 0 bridgehead atoms. The van der Waals surface area contributed by atoms with E-state index in [9.17, 15) is 0 Å². The lowest BCUT2D eigenvalue weighted by molar-refractivity contribution is 0.943. The zero-order valence-corrected chi connectivity index (χ0v) is 12.6. The second kappa shape index (κ2) is 5.87. The molecule has 0 saturated heterocycles. The van der Waals surface area contributed by atoms with E-state index in [1.807, 2.05) is 19.1 Å². The number of hydrogen-bond acceptors (Lipinski definition) is 3. The smallest absolute Gasteiger partial charge is 0.135 e. The number of hydrogen-bond donors (Lipinski definition) is 1. The van der Waals surface area contributed by atoms with Gasteiger partial charge in [-0.1, -0.05) is 46.1 Å². The molecule has 0 amide bonds. The van der Waals surface area contributed by atoms with Crippen LogP contribution in [-0.4, -0.2) is 9.97 Å². The first kappa shape index (κ1) is 13.6. The maximum Gasteiger partial charge on any atom is 0.135 e. The first-order valence-electron chi connectivity index (χ1n) is 5.34. The molecule has 0 saturated carbocycles. The fourth-order valence-electron chi connectivity index (χ4n) is 1.42. The fourth-order valence-corrected chi connectivity index (χ4v) is 2.14. The Morgan fingerprint density at radius 2 is 2.00 bits per heavy atom. The molecule has 0 aliphatic heterocycles. The van der Waals surface area contributed by atoms with Crippen LogP contribution in [0.5, 0.6) is 0 Å². The molecular formula is C12H10BrCl2N3. The van der Waals surface area contributed by atoms with Crippen LogP contribution in [0.2, 0.25) is 10.2 Å². The molecular weight excluding hydrogens is 337 g/mol. The quantitative estimate of drug-likeness (QED) is 0.807. The molecule has 2 rings (SSSR count). The Hall–Kier alpha value is -0.840. The van der Waals surface area contributed by atoms with E-state index < -0.39 is 0 Å². The number of anilines is 2. The molecule has 2 aromatic rings. The Balaban J connectivity index is 2.33. The van der Waals surface area contributed by atoms with Gasteiger partial charge >= 0.3 is 0 Å². The molecule has 0 fully saturated rings. The summed E-state index contributed by atoms with van der Waals surface area (Å²) >= 11 is 15.4. The summed E-state index contributed by atoms with van der Waals surface area (Å²) < 4.78 is 0.935. The third-order valence-electron chi connectivity index (χ3n) is 2.25. The predicted octanol–water partition coefficient (Wildman–Crippen LogP) is 4.85. The van der Waals surface area contributed by atoms with E-state index >= 15 is 0 Å². The summed E-state index contributed by atoms with van der Waals surface area (Å²) in [6.45, 7) is 1.97. The van der Waals surface area contributed by atoms with Gasteiger partial charge in [0.1, 0.15) is 16.8 Å². The number of halogens is 3. The molecule has 0 aliphatic rings. The van der Waals surface area contributed by atoms with Crippen molar-refractivity contribution in [1.82, 2.24) is 9.97 Å². The van der Waals surface area contributed by atoms with Crippen molar-refractivity contribution in [1.29, 1.82) is 0 Å². The SMILES string of the molecule is CCc1nc(Cl)cc(Nc2cc(Br)ccc2Cl)n1. The Morgan fingerprint density at radius 1 is 1.22 bits per heavy atom. The highest BCUT2D eigenvalue weighted by Gasteiger charge is 2.05. The van der Waals surface area contributed by atoms with E-state index in [1.165, 1.54) is 0 Å². The van der Waals surface area contributed by atoms with Crippen LogP contribution in [0, 0.1) is 0 Å². The van der Waals surface area contributed by atoms with Crippen molar-refractivity contribution in [2.24, 2.45) is 0 Å². The lowest BCUT2D eigenvalue weighted by Gasteiger charge is -2.09. The van der Waals surface area contributed by atoms with E-state index in [0.717, 1.165) is 16.6 Å². The lowest BCUT2D eigenvalue weighted by Crippen LogP contribution is -2.00. The van der Waals surface area contributed by atoms with E-state index in [-0.39, 0.29) is 0 Å². The molecule has 18 heavy (non-hydrogen) atoms. The van der Waals surface area contributed by atoms with Crippen molar-refractivity contribution in [3.05, 3.63) is 44.7 Å². The minimum absolute atomic E-state index is 0.412. The standard InChI is InChI=1S/C12H10BrCl2N3/c1-2-11-17-10(15)6-12(18-11)16-9-5-7(13)3-4-8(9)14/h3-6H,2H2,1H3,(H,16,17,18). The van der Waals surface area contributed by atoms with Gasteiger partial charge in [0.05, 0.1) is 10.7 Å². The molecule has 0 radical (unpaired) electrons. The van der Waals surface area contributed by atoms with Crippen molar-refractivity contribution >= 4 is 50.6 Å². The molecule has 0 unspecified atom stereocenters. The first-order chi connectivity index (χ1) is 8.58. The van der Waals surface area contributed by atoms with Crippen LogP contribution in [-0.2, 0) is 6.42 Å². The zero-order valence-electron chi connectivity index (χ0n) is 9.54. The van der Waals surface area contributed by atoms with Crippen molar-refractivity contribution in [2.75, 3.05) is 5.32 Å². The summed E-state index contributed by atoms with van der Waals surface area (Å²) in [6.07, 6.45) is 0.724. The number of benzene rings is 1. The van der Waals surface area contributed by atoms with E-state index in [0.29, 0.717) is 21.8 Å². The summed E-state index contributed by atoms with van der Waals surface area (Å²) in [6, 6.07) is 7.22. The number of aryl methyl sites for hydroxylation is 1. The summed E-state index contributed by atoms with van der Waals surface area (Å²) in [5.74, 6) is 1.32. The van der Waals surface area contributed by atoms with Gasteiger partial charge in [-0.15, -0.1) is 0 Å². The van der Waals surface area contributed by atoms with Crippen LogP contribution in [0.25, 0.3) is 0 Å².